The molecule has 1 aromatic heterocycles. The molecule has 2 aromatic rings. The van der Waals surface area contributed by atoms with Gasteiger partial charge in [0.15, 0.2) is 0 Å². The van der Waals surface area contributed by atoms with Crippen molar-refractivity contribution in [2.45, 2.75) is 49.5 Å². The maximum Gasteiger partial charge on any atom is 0.410 e. The molecule has 1 atom stereocenters. The number of fused-ring (bicyclic) bond motifs is 1. The highest BCUT2D eigenvalue weighted by atomic mass is 32.2. The lowest BCUT2D eigenvalue weighted by Gasteiger charge is -2.32. The van der Waals surface area contributed by atoms with Gasteiger partial charge >= 0.3 is 6.09 Å². The Kier molecular flexibility index (Phi) is 5.59. The minimum absolute atomic E-state index is 0.0646. The Bertz CT molecular complexity index is 935. The second-order valence-corrected chi connectivity index (χ2v) is 9.28. The molecule has 0 N–H and O–H groups in total. The first-order valence-electron chi connectivity index (χ1n) is 8.94. The van der Waals surface area contributed by atoms with Gasteiger partial charge in [0, 0.05) is 30.5 Å². The minimum atomic E-state index is -1.37. The summed E-state index contributed by atoms with van der Waals surface area (Å²) in [5.74, 6) is 0. The number of nitrogens with zero attached hydrogens (tertiary/aromatic N) is 4. The monoisotopic (exact) mass is 406 g/mol. The summed E-state index contributed by atoms with van der Waals surface area (Å²) in [6.45, 7) is 6.40. The molecule has 1 aliphatic rings. The Morgan fingerprint density at radius 1 is 1.29 bits per heavy atom. The highest BCUT2D eigenvalue weighted by molar-refractivity contribution is 7.85. The largest absolute Gasteiger partial charge is 0.444 e. The van der Waals surface area contributed by atoms with Crippen molar-refractivity contribution in [3.8, 4) is 0 Å². The number of hydrogen-bond donors (Lipinski definition) is 0. The first-order chi connectivity index (χ1) is 13.1. The first kappa shape index (κ1) is 20.1. The van der Waals surface area contributed by atoms with E-state index in [9.17, 15) is 19.1 Å². The van der Waals surface area contributed by atoms with Gasteiger partial charge in [0.05, 0.1) is 33.0 Å². The van der Waals surface area contributed by atoms with E-state index in [1.165, 1.54) is 24.4 Å². The van der Waals surface area contributed by atoms with Crippen molar-refractivity contribution in [1.82, 2.24) is 14.9 Å². The van der Waals surface area contributed by atoms with E-state index < -0.39 is 21.3 Å². The minimum Gasteiger partial charge on any atom is -0.444 e. The highest BCUT2D eigenvalue weighted by Gasteiger charge is 2.30. The van der Waals surface area contributed by atoms with E-state index in [0.29, 0.717) is 42.0 Å². The van der Waals surface area contributed by atoms with Crippen LogP contribution < -0.4 is 0 Å². The van der Waals surface area contributed by atoms with Gasteiger partial charge in [-0.25, -0.2) is 9.78 Å². The molecule has 0 radical (unpaired) electrons. The number of non-ortho nitro benzene ring substituents is 1. The van der Waals surface area contributed by atoms with Crippen molar-refractivity contribution in [2.75, 3.05) is 13.1 Å². The van der Waals surface area contributed by atoms with Crippen molar-refractivity contribution < 1.29 is 18.7 Å². The van der Waals surface area contributed by atoms with Crippen LogP contribution in [0.5, 0.6) is 0 Å². The number of aromatic nitrogens is 2. The Balaban J connectivity index is 1.67. The molecule has 3 rings (SSSR count). The fourth-order valence-corrected chi connectivity index (χ4v) is 4.27. The van der Waals surface area contributed by atoms with Crippen molar-refractivity contribution in [3.63, 3.8) is 0 Å². The lowest BCUT2D eigenvalue weighted by Crippen LogP contribution is -2.43. The van der Waals surface area contributed by atoms with Crippen molar-refractivity contribution in [2.24, 2.45) is 0 Å². The molecule has 0 bridgehead atoms. The average Bonchev–Trinajstić information content (AvgIpc) is 2.65. The van der Waals surface area contributed by atoms with Crippen LogP contribution in [0.3, 0.4) is 0 Å². The van der Waals surface area contributed by atoms with E-state index >= 15 is 0 Å². The van der Waals surface area contributed by atoms with E-state index in [2.05, 4.69) is 9.97 Å². The average molecular weight is 406 g/mol. The number of benzene rings is 1. The standard InChI is InChI=1S/C18H22N4O5S/c1-18(2,3)27-17(23)21-8-6-13(7-9-21)28(26)16-11-19-15-10-12(22(24)25)4-5-14(15)20-16/h4-5,10-11,13H,6-9H2,1-3H3. The molecule has 1 aromatic carbocycles. The summed E-state index contributed by atoms with van der Waals surface area (Å²) in [5, 5.41) is 11.1. The number of nitro benzene ring substituents is 1. The number of hydrogen-bond acceptors (Lipinski definition) is 7. The summed E-state index contributed by atoms with van der Waals surface area (Å²) in [6, 6.07) is 4.20. The Hall–Kier alpha value is -2.62. The lowest BCUT2D eigenvalue weighted by atomic mass is 10.1. The second-order valence-electron chi connectivity index (χ2n) is 7.60. The number of amides is 1. The molecular formula is C18H22N4O5S. The third-order valence-electron chi connectivity index (χ3n) is 4.32. The van der Waals surface area contributed by atoms with Gasteiger partial charge in [-0.2, -0.15) is 0 Å². The topological polar surface area (TPSA) is 116 Å². The van der Waals surface area contributed by atoms with Gasteiger partial charge in [-0.1, -0.05) is 0 Å². The summed E-state index contributed by atoms with van der Waals surface area (Å²) >= 11 is 0. The van der Waals surface area contributed by atoms with E-state index in [4.69, 9.17) is 4.74 Å². The van der Waals surface area contributed by atoms with E-state index in [0.717, 1.165) is 0 Å². The fraction of sp³-hybridized carbons (Fsp3) is 0.500. The summed E-state index contributed by atoms with van der Waals surface area (Å²) in [4.78, 5) is 32.7. The van der Waals surface area contributed by atoms with E-state index in [1.807, 2.05) is 20.8 Å². The Morgan fingerprint density at radius 3 is 2.57 bits per heavy atom. The first-order valence-corrected chi connectivity index (χ1v) is 10.1. The Morgan fingerprint density at radius 2 is 1.96 bits per heavy atom. The van der Waals surface area contributed by atoms with E-state index in [1.54, 1.807) is 4.90 Å². The quantitative estimate of drug-likeness (QED) is 0.568. The lowest BCUT2D eigenvalue weighted by molar-refractivity contribution is -0.384. The summed E-state index contributed by atoms with van der Waals surface area (Å²) < 4.78 is 18.3. The molecule has 0 aliphatic carbocycles. The normalized spacial score (nSPS) is 16.8. The Labute approximate surface area is 164 Å². The number of piperidine rings is 1. The van der Waals surface area contributed by atoms with Crippen molar-refractivity contribution in [1.29, 1.82) is 0 Å². The molecule has 1 aliphatic heterocycles. The van der Waals surface area contributed by atoms with Crippen LogP contribution in [0.25, 0.3) is 11.0 Å². The second kappa shape index (κ2) is 7.78. The van der Waals surface area contributed by atoms with Gasteiger partial charge < -0.3 is 9.64 Å². The van der Waals surface area contributed by atoms with Gasteiger partial charge in [0.1, 0.15) is 10.6 Å². The molecule has 1 fully saturated rings. The molecule has 1 amide bonds. The van der Waals surface area contributed by atoms with Crippen LogP contribution in [0.2, 0.25) is 0 Å². The van der Waals surface area contributed by atoms with Crippen LogP contribution in [0.1, 0.15) is 33.6 Å². The molecule has 2 heterocycles. The number of rotatable bonds is 3. The van der Waals surface area contributed by atoms with Crippen LogP contribution in [-0.4, -0.2) is 54.0 Å². The van der Waals surface area contributed by atoms with Gasteiger partial charge in [-0.05, 0) is 39.7 Å². The van der Waals surface area contributed by atoms with Crippen LogP contribution in [0.4, 0.5) is 10.5 Å². The van der Waals surface area contributed by atoms with Crippen LogP contribution in [-0.2, 0) is 15.5 Å². The third-order valence-corrected chi connectivity index (χ3v) is 6.00. The number of carbonyl (C=O) groups excluding carboxylic acids is 1. The predicted octanol–water partition coefficient (Wildman–Crippen LogP) is 3.05. The zero-order valence-corrected chi connectivity index (χ0v) is 16.8. The van der Waals surface area contributed by atoms with Crippen LogP contribution >= 0.6 is 0 Å². The summed E-state index contributed by atoms with van der Waals surface area (Å²) in [7, 11) is -1.37. The predicted molar refractivity (Wildman–Crippen MR) is 103 cm³/mol. The number of carbonyl (C=O) groups is 1. The highest BCUT2D eigenvalue weighted by Crippen LogP contribution is 2.24. The molecule has 10 heteroatoms. The molecule has 28 heavy (non-hydrogen) atoms. The molecule has 0 spiro atoms. The van der Waals surface area contributed by atoms with Gasteiger partial charge in [0.2, 0.25) is 0 Å². The SMILES string of the molecule is CC(C)(C)OC(=O)N1CCC(S(=O)c2cnc3cc([N+](=O)[O-])ccc3n2)CC1. The smallest absolute Gasteiger partial charge is 0.410 e. The zero-order valence-electron chi connectivity index (χ0n) is 16.0. The van der Waals surface area contributed by atoms with Crippen molar-refractivity contribution >= 4 is 33.6 Å². The molecule has 9 nitrogen and oxygen atoms in total. The molecular weight excluding hydrogens is 384 g/mol. The molecule has 1 saturated heterocycles. The number of likely N-dealkylation sites (tertiary alicyclic amines) is 1. The van der Waals surface area contributed by atoms with Crippen LogP contribution in [0, 0.1) is 10.1 Å². The summed E-state index contributed by atoms with van der Waals surface area (Å²) in [5.41, 5.74) is 0.231. The van der Waals surface area contributed by atoms with Crippen LogP contribution in [0.15, 0.2) is 29.4 Å². The van der Waals surface area contributed by atoms with Gasteiger partial charge in [-0.15, -0.1) is 0 Å². The molecule has 0 saturated carbocycles. The van der Waals surface area contributed by atoms with Gasteiger partial charge in [-0.3, -0.25) is 19.3 Å². The zero-order chi connectivity index (χ0) is 20.5. The maximum atomic E-state index is 12.9. The molecule has 150 valence electrons. The fourth-order valence-electron chi connectivity index (χ4n) is 2.94. The maximum absolute atomic E-state index is 12.9. The van der Waals surface area contributed by atoms with Gasteiger partial charge in [0.25, 0.3) is 5.69 Å². The number of ether oxygens (including phenoxy) is 1. The summed E-state index contributed by atoms with van der Waals surface area (Å²) in [6.07, 6.45) is 2.20. The third kappa shape index (κ3) is 4.61. The number of nitro groups is 1. The van der Waals surface area contributed by atoms with E-state index in [-0.39, 0.29) is 17.0 Å². The van der Waals surface area contributed by atoms with Crippen molar-refractivity contribution in [3.05, 3.63) is 34.5 Å². The molecule has 1 unspecified atom stereocenters.